The van der Waals surface area contributed by atoms with Crippen LogP contribution >= 0.6 is 0 Å². The number of aryl methyl sites for hydroxylation is 2. The Bertz CT molecular complexity index is 677. The van der Waals surface area contributed by atoms with E-state index in [1.807, 2.05) is 0 Å². The normalized spacial score (nSPS) is 15.2. The Kier molecular flexibility index (Phi) is 3.91. The third-order valence-corrected chi connectivity index (χ3v) is 4.24. The van der Waals surface area contributed by atoms with Crippen LogP contribution in [0.3, 0.4) is 0 Å². The standard InChI is InChI=1S/C15H18N2O5/c1-8-6-9(2)12(17(21)22)10(3)11(8)13(18)16-7-15(4-5-15)14(19)20/h6H,4-5,7H2,1-3H3,(H,16,18)(H,19,20). The molecule has 7 nitrogen and oxygen atoms in total. The summed E-state index contributed by atoms with van der Waals surface area (Å²) in [5, 5.41) is 22.9. The van der Waals surface area contributed by atoms with Gasteiger partial charge in [0.15, 0.2) is 0 Å². The minimum absolute atomic E-state index is 0.0434. The average Bonchev–Trinajstić information content (AvgIpc) is 3.16. The van der Waals surface area contributed by atoms with E-state index in [4.69, 9.17) is 5.11 Å². The maximum atomic E-state index is 12.3. The number of rotatable bonds is 5. The second-order valence-corrected chi connectivity index (χ2v) is 5.88. The van der Waals surface area contributed by atoms with Gasteiger partial charge in [-0.25, -0.2) is 0 Å². The summed E-state index contributed by atoms with van der Waals surface area (Å²) in [6.45, 7) is 4.92. The van der Waals surface area contributed by atoms with E-state index in [9.17, 15) is 19.7 Å². The molecule has 0 aliphatic heterocycles. The van der Waals surface area contributed by atoms with Crippen LogP contribution in [0.25, 0.3) is 0 Å². The lowest BCUT2D eigenvalue weighted by atomic mass is 9.96. The van der Waals surface area contributed by atoms with Crippen molar-refractivity contribution in [2.45, 2.75) is 33.6 Å². The summed E-state index contributed by atoms with van der Waals surface area (Å²) >= 11 is 0. The summed E-state index contributed by atoms with van der Waals surface area (Å²) in [4.78, 5) is 34.1. The quantitative estimate of drug-likeness (QED) is 0.639. The molecule has 7 heteroatoms. The lowest BCUT2D eigenvalue weighted by molar-refractivity contribution is -0.386. The van der Waals surface area contributed by atoms with Gasteiger partial charge in [0, 0.05) is 17.7 Å². The molecule has 0 spiro atoms. The SMILES string of the molecule is Cc1cc(C)c([N+](=O)[O-])c(C)c1C(=O)NCC1(C(=O)O)CC1. The van der Waals surface area contributed by atoms with Crippen molar-refractivity contribution >= 4 is 17.6 Å². The van der Waals surface area contributed by atoms with Gasteiger partial charge in [0.05, 0.1) is 15.9 Å². The molecular formula is C15H18N2O5. The maximum absolute atomic E-state index is 12.3. The van der Waals surface area contributed by atoms with E-state index in [-0.39, 0.29) is 17.8 Å². The van der Waals surface area contributed by atoms with Gasteiger partial charge in [0.1, 0.15) is 0 Å². The fourth-order valence-corrected chi connectivity index (χ4v) is 2.76. The molecule has 118 valence electrons. The number of carboxylic acids is 1. The number of nitro groups is 1. The van der Waals surface area contributed by atoms with Gasteiger partial charge in [-0.15, -0.1) is 0 Å². The Labute approximate surface area is 127 Å². The topological polar surface area (TPSA) is 110 Å². The van der Waals surface area contributed by atoms with Crippen molar-refractivity contribution in [3.8, 4) is 0 Å². The van der Waals surface area contributed by atoms with Crippen LogP contribution in [0.4, 0.5) is 5.69 Å². The van der Waals surface area contributed by atoms with E-state index in [2.05, 4.69) is 5.32 Å². The van der Waals surface area contributed by atoms with Gasteiger partial charge in [0.25, 0.3) is 11.6 Å². The number of carboxylic acid groups (broad SMARTS) is 1. The first-order chi connectivity index (χ1) is 10.2. The van der Waals surface area contributed by atoms with E-state index >= 15 is 0 Å². The Morgan fingerprint density at radius 2 is 1.91 bits per heavy atom. The molecule has 1 aromatic rings. The highest BCUT2D eigenvalue weighted by Crippen LogP contribution is 2.45. The molecule has 1 aliphatic rings. The zero-order valence-electron chi connectivity index (χ0n) is 12.7. The molecule has 0 aromatic heterocycles. The highest BCUT2D eigenvalue weighted by atomic mass is 16.6. The molecule has 1 aliphatic carbocycles. The number of nitrogens with one attached hydrogen (secondary N) is 1. The molecule has 1 amide bonds. The maximum Gasteiger partial charge on any atom is 0.311 e. The van der Waals surface area contributed by atoms with Gasteiger partial charge in [-0.05, 0) is 45.2 Å². The van der Waals surface area contributed by atoms with Gasteiger partial charge in [-0.1, -0.05) is 0 Å². The first-order valence-corrected chi connectivity index (χ1v) is 6.96. The summed E-state index contributed by atoms with van der Waals surface area (Å²) < 4.78 is 0. The number of aliphatic carboxylic acids is 1. The summed E-state index contributed by atoms with van der Waals surface area (Å²) in [6, 6.07) is 1.60. The molecule has 22 heavy (non-hydrogen) atoms. The van der Waals surface area contributed by atoms with Crippen LogP contribution in [-0.4, -0.2) is 28.5 Å². The van der Waals surface area contributed by atoms with E-state index in [1.54, 1.807) is 19.9 Å². The summed E-state index contributed by atoms with van der Waals surface area (Å²) in [5.74, 6) is -1.39. The number of carbonyl (C=O) groups is 2. The molecule has 2 N–H and O–H groups in total. The zero-order valence-corrected chi connectivity index (χ0v) is 12.7. The molecule has 1 aromatic carbocycles. The number of benzene rings is 1. The number of amides is 1. The Morgan fingerprint density at radius 3 is 2.36 bits per heavy atom. The average molecular weight is 306 g/mol. The van der Waals surface area contributed by atoms with Gasteiger partial charge in [-0.2, -0.15) is 0 Å². The van der Waals surface area contributed by atoms with Crippen molar-refractivity contribution in [2.75, 3.05) is 6.54 Å². The summed E-state index contributed by atoms with van der Waals surface area (Å²) in [6.07, 6.45) is 1.07. The first kappa shape index (κ1) is 15.9. The van der Waals surface area contributed by atoms with E-state index in [1.165, 1.54) is 6.92 Å². The number of nitrogens with zero attached hydrogens (tertiary/aromatic N) is 1. The predicted molar refractivity (Wildman–Crippen MR) is 78.9 cm³/mol. The smallest absolute Gasteiger partial charge is 0.311 e. The zero-order chi connectivity index (χ0) is 16.7. The molecule has 1 saturated carbocycles. The van der Waals surface area contributed by atoms with Gasteiger partial charge in [0.2, 0.25) is 0 Å². The number of nitro benzene ring substituents is 1. The second-order valence-electron chi connectivity index (χ2n) is 5.88. The molecule has 2 rings (SSSR count). The van der Waals surface area contributed by atoms with Gasteiger partial charge >= 0.3 is 5.97 Å². The van der Waals surface area contributed by atoms with Crippen LogP contribution < -0.4 is 5.32 Å². The number of carbonyl (C=O) groups excluding carboxylic acids is 1. The molecule has 0 heterocycles. The van der Waals surface area contributed by atoms with Gasteiger partial charge in [-0.3, -0.25) is 19.7 Å². The van der Waals surface area contributed by atoms with Crippen LogP contribution in [0.1, 0.15) is 39.9 Å². The Morgan fingerprint density at radius 1 is 1.32 bits per heavy atom. The first-order valence-electron chi connectivity index (χ1n) is 6.96. The Balaban J connectivity index is 2.28. The lowest BCUT2D eigenvalue weighted by Crippen LogP contribution is -2.35. The van der Waals surface area contributed by atoms with Crippen LogP contribution in [-0.2, 0) is 4.79 Å². The highest BCUT2D eigenvalue weighted by molar-refractivity contribution is 5.98. The highest BCUT2D eigenvalue weighted by Gasteiger charge is 2.50. The third-order valence-electron chi connectivity index (χ3n) is 4.24. The molecule has 1 fully saturated rings. The van der Waals surface area contributed by atoms with Crippen molar-refractivity contribution in [1.29, 1.82) is 0 Å². The third kappa shape index (κ3) is 2.66. The minimum atomic E-state index is -0.920. The predicted octanol–water partition coefficient (Wildman–Crippen LogP) is 2.11. The van der Waals surface area contributed by atoms with Crippen molar-refractivity contribution < 1.29 is 19.6 Å². The summed E-state index contributed by atoms with van der Waals surface area (Å²) in [5.41, 5.74) is 0.751. The molecule has 0 unspecified atom stereocenters. The largest absolute Gasteiger partial charge is 0.481 e. The second kappa shape index (κ2) is 5.40. The summed E-state index contributed by atoms with van der Waals surface area (Å²) in [7, 11) is 0. The number of hydrogen-bond donors (Lipinski definition) is 2. The van der Waals surface area contributed by atoms with Crippen LogP contribution in [0, 0.1) is 36.3 Å². The lowest BCUT2D eigenvalue weighted by Gasteiger charge is -2.15. The van der Waals surface area contributed by atoms with Crippen molar-refractivity contribution in [3.63, 3.8) is 0 Å². The molecular weight excluding hydrogens is 288 g/mol. The van der Waals surface area contributed by atoms with E-state index in [0.717, 1.165) is 0 Å². The van der Waals surface area contributed by atoms with Crippen LogP contribution in [0.2, 0.25) is 0 Å². The van der Waals surface area contributed by atoms with Gasteiger partial charge < -0.3 is 10.4 Å². The van der Waals surface area contributed by atoms with Crippen molar-refractivity contribution in [3.05, 3.63) is 38.4 Å². The van der Waals surface area contributed by atoms with Crippen molar-refractivity contribution in [1.82, 2.24) is 5.32 Å². The molecule has 0 bridgehead atoms. The molecule has 0 radical (unpaired) electrons. The monoisotopic (exact) mass is 306 g/mol. The van der Waals surface area contributed by atoms with E-state index < -0.39 is 22.2 Å². The molecule has 0 atom stereocenters. The van der Waals surface area contributed by atoms with Crippen LogP contribution in [0.15, 0.2) is 6.07 Å². The van der Waals surface area contributed by atoms with Crippen molar-refractivity contribution in [2.24, 2.45) is 5.41 Å². The molecule has 0 saturated heterocycles. The fourth-order valence-electron chi connectivity index (χ4n) is 2.76. The van der Waals surface area contributed by atoms with E-state index in [0.29, 0.717) is 29.5 Å². The minimum Gasteiger partial charge on any atom is -0.481 e. The van der Waals surface area contributed by atoms with Crippen LogP contribution in [0.5, 0.6) is 0 Å². The Hall–Kier alpha value is -2.44. The number of hydrogen-bond acceptors (Lipinski definition) is 4. The fraction of sp³-hybridized carbons (Fsp3) is 0.467.